The van der Waals surface area contributed by atoms with E-state index in [9.17, 15) is 14.7 Å². The van der Waals surface area contributed by atoms with Crippen molar-refractivity contribution in [2.24, 2.45) is 7.05 Å². The molecular formula is C30H27Cl2N5O4. The van der Waals surface area contributed by atoms with Gasteiger partial charge in [0.05, 0.1) is 52.8 Å². The van der Waals surface area contributed by atoms with Gasteiger partial charge in [0.25, 0.3) is 5.91 Å². The van der Waals surface area contributed by atoms with Crippen molar-refractivity contribution in [3.63, 3.8) is 0 Å². The van der Waals surface area contributed by atoms with E-state index in [-0.39, 0.29) is 27.1 Å². The molecule has 0 saturated carbocycles. The van der Waals surface area contributed by atoms with Crippen LogP contribution in [0.2, 0.25) is 10.0 Å². The number of anilines is 1. The van der Waals surface area contributed by atoms with Gasteiger partial charge < -0.3 is 14.7 Å². The van der Waals surface area contributed by atoms with Gasteiger partial charge in [-0.1, -0.05) is 47.5 Å². The first-order chi connectivity index (χ1) is 19.8. The molecule has 3 aromatic carbocycles. The molecule has 0 radical (unpaired) electrons. The fourth-order valence-electron chi connectivity index (χ4n) is 5.40. The molecule has 6 rings (SSSR count). The fourth-order valence-corrected chi connectivity index (χ4v) is 6.05. The lowest BCUT2D eigenvalue weighted by Crippen LogP contribution is -2.45. The number of aryl methyl sites for hydroxylation is 1. The number of halogens is 2. The Bertz CT molecular complexity index is 1640. The van der Waals surface area contributed by atoms with Crippen molar-refractivity contribution in [2.75, 3.05) is 31.2 Å². The zero-order valence-electron chi connectivity index (χ0n) is 22.2. The summed E-state index contributed by atoms with van der Waals surface area (Å²) in [5.74, 6) is -1.29. The largest absolute Gasteiger partial charge is 0.478 e. The lowest BCUT2D eigenvalue weighted by atomic mass is 9.92. The van der Waals surface area contributed by atoms with Gasteiger partial charge in [0.1, 0.15) is 0 Å². The number of amides is 1. The topological polar surface area (TPSA) is 99.9 Å². The van der Waals surface area contributed by atoms with Crippen molar-refractivity contribution in [3.8, 4) is 22.3 Å². The van der Waals surface area contributed by atoms with Gasteiger partial charge in [0, 0.05) is 38.4 Å². The van der Waals surface area contributed by atoms with E-state index >= 15 is 0 Å². The van der Waals surface area contributed by atoms with Crippen LogP contribution in [0.5, 0.6) is 0 Å². The third-order valence-corrected chi connectivity index (χ3v) is 8.07. The summed E-state index contributed by atoms with van der Waals surface area (Å²) in [5.41, 5.74) is 9.92. The summed E-state index contributed by atoms with van der Waals surface area (Å²) >= 11 is 13.2. The first-order valence-electron chi connectivity index (χ1n) is 13.1. The predicted octanol–water partition coefficient (Wildman–Crippen LogP) is 5.26. The van der Waals surface area contributed by atoms with Crippen LogP contribution in [0.25, 0.3) is 22.3 Å². The number of rotatable bonds is 5. The number of benzene rings is 3. The Morgan fingerprint density at radius 2 is 1.76 bits per heavy atom. The Balaban J connectivity index is 1.28. The zero-order chi connectivity index (χ0) is 28.7. The number of morpholine rings is 1. The number of hydrazine groups is 1. The maximum atomic E-state index is 13.6. The number of carboxylic acid groups (broad SMARTS) is 1. The Hall–Kier alpha value is -3.89. The van der Waals surface area contributed by atoms with Crippen LogP contribution in [0.4, 0.5) is 5.69 Å². The Morgan fingerprint density at radius 1 is 1.00 bits per heavy atom. The Labute approximate surface area is 246 Å². The van der Waals surface area contributed by atoms with Gasteiger partial charge in [-0.3, -0.25) is 14.5 Å². The second kappa shape index (κ2) is 11.2. The highest BCUT2D eigenvalue weighted by atomic mass is 35.5. The quantitative estimate of drug-likeness (QED) is 0.326. The molecule has 0 unspecified atom stereocenters. The van der Waals surface area contributed by atoms with Gasteiger partial charge >= 0.3 is 5.97 Å². The molecule has 0 spiro atoms. The molecule has 11 heteroatoms. The molecule has 2 N–H and O–H groups in total. The Morgan fingerprint density at radius 3 is 2.44 bits per heavy atom. The molecule has 9 nitrogen and oxygen atoms in total. The summed E-state index contributed by atoms with van der Waals surface area (Å²) in [4.78, 5) is 27.6. The number of aromatic nitrogens is 2. The van der Waals surface area contributed by atoms with Gasteiger partial charge in [-0.15, -0.1) is 0 Å². The average molecular weight is 592 g/mol. The van der Waals surface area contributed by atoms with Gasteiger partial charge in [-0.05, 0) is 52.1 Å². The lowest BCUT2D eigenvalue weighted by Gasteiger charge is -2.32. The molecule has 1 fully saturated rings. The molecule has 1 amide bonds. The minimum atomic E-state index is -0.963. The van der Waals surface area contributed by atoms with Crippen molar-refractivity contribution < 1.29 is 19.4 Å². The van der Waals surface area contributed by atoms with Gasteiger partial charge in [-0.25, -0.2) is 10.2 Å². The van der Waals surface area contributed by atoms with Crippen LogP contribution in [-0.4, -0.2) is 58.1 Å². The summed E-state index contributed by atoms with van der Waals surface area (Å²) in [7, 11) is 1.82. The van der Waals surface area contributed by atoms with E-state index in [0.717, 1.165) is 33.4 Å². The molecule has 0 bridgehead atoms. The number of nitrogens with zero attached hydrogens (tertiary/aromatic N) is 4. The number of carbonyl (C=O) groups excluding carboxylic acids is 1. The number of hydrogen-bond donors (Lipinski definition) is 2. The van der Waals surface area contributed by atoms with Crippen LogP contribution in [0.1, 0.15) is 31.8 Å². The number of hydrogen-bond acceptors (Lipinski definition) is 6. The van der Waals surface area contributed by atoms with Crippen LogP contribution in [0.15, 0.2) is 60.9 Å². The summed E-state index contributed by atoms with van der Waals surface area (Å²) in [5, 5.41) is 16.0. The van der Waals surface area contributed by atoms with Crippen LogP contribution in [0.3, 0.4) is 0 Å². The van der Waals surface area contributed by atoms with Crippen LogP contribution in [-0.2, 0) is 24.9 Å². The van der Waals surface area contributed by atoms with E-state index in [2.05, 4.69) is 15.4 Å². The van der Waals surface area contributed by atoms with Crippen LogP contribution >= 0.6 is 23.2 Å². The first kappa shape index (κ1) is 27.3. The van der Waals surface area contributed by atoms with E-state index in [1.165, 1.54) is 5.01 Å². The summed E-state index contributed by atoms with van der Waals surface area (Å²) in [6.07, 6.45) is 3.56. The molecule has 0 aliphatic carbocycles. The monoisotopic (exact) mass is 591 g/mol. The maximum Gasteiger partial charge on any atom is 0.337 e. The molecule has 41 heavy (non-hydrogen) atoms. The highest BCUT2D eigenvalue weighted by Gasteiger charge is 2.28. The normalized spacial score (nSPS) is 15.1. The number of aromatic carboxylic acids is 1. The van der Waals surface area contributed by atoms with E-state index in [0.29, 0.717) is 45.1 Å². The average Bonchev–Trinajstić information content (AvgIpc) is 3.42. The number of fused-ring (bicyclic) bond motifs is 1. The Kier molecular flexibility index (Phi) is 7.44. The molecule has 0 atom stereocenters. The van der Waals surface area contributed by atoms with Crippen LogP contribution < -0.4 is 10.3 Å². The highest BCUT2D eigenvalue weighted by Crippen LogP contribution is 2.36. The SMILES string of the molecule is Cn1cc(-c2cc(Cl)c(C(=O)N3Cc4cccc(-c5ccc(C(=O)O)c(N6CCOCC6)c5)c4CN3)c(Cl)c2)cn1. The second-order valence-electron chi connectivity index (χ2n) is 10.0. The molecule has 210 valence electrons. The minimum Gasteiger partial charge on any atom is -0.478 e. The molecular weight excluding hydrogens is 565 g/mol. The standard InChI is InChI=1S/C30H27Cl2N5O4/c1-35-16-21(14-33-35)20-11-25(31)28(26(32)12-20)29(38)37-17-19-3-2-4-22(24(19)15-34-37)18-5-6-23(30(39)40)27(13-18)36-7-9-41-10-8-36/h2-6,11-14,16,34H,7-10,15,17H2,1H3,(H,39,40). The van der Waals surface area contributed by atoms with Gasteiger partial charge in [0.2, 0.25) is 0 Å². The van der Waals surface area contributed by atoms with Gasteiger partial charge in [0.15, 0.2) is 0 Å². The lowest BCUT2D eigenvalue weighted by molar-refractivity contribution is 0.0612. The predicted molar refractivity (Wildman–Crippen MR) is 157 cm³/mol. The van der Waals surface area contributed by atoms with Crippen molar-refractivity contribution in [1.82, 2.24) is 20.2 Å². The molecule has 4 aromatic rings. The minimum absolute atomic E-state index is 0.229. The number of ether oxygens (including phenoxy) is 1. The first-order valence-corrected chi connectivity index (χ1v) is 13.9. The molecule has 1 aromatic heterocycles. The molecule has 2 aliphatic heterocycles. The van der Waals surface area contributed by atoms with E-state index in [1.54, 1.807) is 29.1 Å². The molecule has 3 heterocycles. The third-order valence-electron chi connectivity index (χ3n) is 7.48. The van der Waals surface area contributed by atoms with Crippen LogP contribution in [0, 0.1) is 0 Å². The number of carbonyl (C=O) groups is 2. The van der Waals surface area contributed by atoms with E-state index in [1.807, 2.05) is 43.6 Å². The number of carboxylic acids is 1. The van der Waals surface area contributed by atoms with Crippen molar-refractivity contribution in [2.45, 2.75) is 13.1 Å². The van der Waals surface area contributed by atoms with Crippen molar-refractivity contribution >= 4 is 40.8 Å². The molecule has 2 aliphatic rings. The van der Waals surface area contributed by atoms with E-state index in [4.69, 9.17) is 27.9 Å². The van der Waals surface area contributed by atoms with Crippen molar-refractivity contribution in [1.29, 1.82) is 0 Å². The summed E-state index contributed by atoms with van der Waals surface area (Å²) in [6.45, 7) is 3.07. The van der Waals surface area contributed by atoms with E-state index < -0.39 is 5.97 Å². The molecule has 1 saturated heterocycles. The van der Waals surface area contributed by atoms with Gasteiger partial charge in [-0.2, -0.15) is 5.10 Å². The smallest absolute Gasteiger partial charge is 0.337 e. The number of nitrogens with one attached hydrogen (secondary N) is 1. The summed E-state index contributed by atoms with van der Waals surface area (Å²) < 4.78 is 7.15. The fraction of sp³-hybridized carbons (Fsp3) is 0.233. The third kappa shape index (κ3) is 5.29. The maximum absolute atomic E-state index is 13.6. The summed E-state index contributed by atoms with van der Waals surface area (Å²) in [6, 6.07) is 14.8. The second-order valence-corrected chi connectivity index (χ2v) is 10.8. The zero-order valence-corrected chi connectivity index (χ0v) is 23.7. The highest BCUT2D eigenvalue weighted by molar-refractivity contribution is 6.40. The van der Waals surface area contributed by atoms with Crippen molar-refractivity contribution in [3.05, 3.63) is 93.2 Å².